The van der Waals surface area contributed by atoms with Gasteiger partial charge in [0.1, 0.15) is 11.4 Å². The number of benzene rings is 1. The van der Waals surface area contributed by atoms with Crippen molar-refractivity contribution < 1.29 is 28.6 Å². The molecule has 2 aromatic rings. The lowest BCUT2D eigenvalue weighted by Crippen LogP contribution is -2.14. The van der Waals surface area contributed by atoms with Crippen molar-refractivity contribution in [2.45, 2.75) is 27.7 Å². The SMILES string of the molecule is CCOC(=O)c1[nH]c(C)c(C(=O)COC(=O)/C=C/c2ccccc2OCC)c1C. The number of hydrogen-bond donors (Lipinski definition) is 1. The van der Waals surface area contributed by atoms with E-state index in [0.717, 1.165) is 5.56 Å². The summed E-state index contributed by atoms with van der Waals surface area (Å²) in [5.74, 6) is -0.926. The maximum atomic E-state index is 12.5. The number of aryl methyl sites for hydroxylation is 1. The van der Waals surface area contributed by atoms with Gasteiger partial charge >= 0.3 is 11.9 Å². The van der Waals surface area contributed by atoms with Crippen LogP contribution in [0.4, 0.5) is 0 Å². The zero-order chi connectivity index (χ0) is 21.4. The highest BCUT2D eigenvalue weighted by Gasteiger charge is 2.23. The molecule has 0 saturated heterocycles. The van der Waals surface area contributed by atoms with E-state index < -0.39 is 24.3 Å². The van der Waals surface area contributed by atoms with Crippen LogP contribution in [-0.4, -0.2) is 42.5 Å². The summed E-state index contributed by atoms with van der Waals surface area (Å²) in [6.07, 6.45) is 2.81. The van der Waals surface area contributed by atoms with E-state index in [1.54, 1.807) is 32.9 Å². The van der Waals surface area contributed by atoms with Crippen LogP contribution >= 0.6 is 0 Å². The number of para-hydroxylation sites is 1. The van der Waals surface area contributed by atoms with E-state index in [0.29, 0.717) is 29.2 Å². The first kappa shape index (κ1) is 21.9. The van der Waals surface area contributed by atoms with Crippen LogP contribution in [-0.2, 0) is 14.3 Å². The Bertz CT molecular complexity index is 925. The molecule has 0 radical (unpaired) electrons. The van der Waals surface area contributed by atoms with Crippen molar-refractivity contribution in [3.8, 4) is 5.75 Å². The molecule has 0 unspecified atom stereocenters. The van der Waals surface area contributed by atoms with Gasteiger partial charge in [0.25, 0.3) is 0 Å². The predicted octanol–water partition coefficient (Wildman–Crippen LogP) is 3.65. The van der Waals surface area contributed by atoms with Gasteiger partial charge in [-0.25, -0.2) is 9.59 Å². The third kappa shape index (κ3) is 5.57. The van der Waals surface area contributed by atoms with Gasteiger partial charge < -0.3 is 19.2 Å². The molecule has 0 spiro atoms. The van der Waals surface area contributed by atoms with Crippen molar-refractivity contribution in [1.82, 2.24) is 4.98 Å². The summed E-state index contributed by atoms with van der Waals surface area (Å²) in [6, 6.07) is 7.28. The Labute approximate surface area is 169 Å². The Balaban J connectivity index is 2.02. The third-order valence-corrected chi connectivity index (χ3v) is 4.16. The van der Waals surface area contributed by atoms with Gasteiger partial charge in [-0.05, 0) is 45.4 Å². The van der Waals surface area contributed by atoms with Crippen molar-refractivity contribution in [1.29, 1.82) is 0 Å². The highest BCUT2D eigenvalue weighted by atomic mass is 16.5. The molecule has 0 fully saturated rings. The standard InChI is InChI=1S/C22H25NO6/c1-5-27-18-10-8-7-9-16(18)11-12-19(25)29-13-17(24)20-14(3)21(23-15(20)4)22(26)28-6-2/h7-12,23H,5-6,13H2,1-4H3/b12-11+. The summed E-state index contributed by atoms with van der Waals surface area (Å²) >= 11 is 0. The quantitative estimate of drug-likeness (QED) is 0.393. The number of carbonyl (C=O) groups excluding carboxylic acids is 3. The van der Waals surface area contributed by atoms with E-state index in [4.69, 9.17) is 14.2 Å². The van der Waals surface area contributed by atoms with Crippen LogP contribution in [0.15, 0.2) is 30.3 Å². The van der Waals surface area contributed by atoms with E-state index >= 15 is 0 Å². The molecule has 0 aliphatic rings. The fourth-order valence-corrected chi connectivity index (χ4v) is 2.90. The summed E-state index contributed by atoms with van der Waals surface area (Å²) in [6.45, 7) is 7.21. The number of ketones is 1. The molecule has 0 atom stereocenters. The predicted molar refractivity (Wildman–Crippen MR) is 108 cm³/mol. The van der Waals surface area contributed by atoms with Crippen LogP contribution in [0.25, 0.3) is 6.08 Å². The van der Waals surface area contributed by atoms with Gasteiger partial charge in [0.15, 0.2) is 6.61 Å². The van der Waals surface area contributed by atoms with Crippen LogP contribution in [0.3, 0.4) is 0 Å². The Morgan fingerprint density at radius 3 is 2.45 bits per heavy atom. The van der Waals surface area contributed by atoms with Crippen molar-refractivity contribution >= 4 is 23.8 Å². The Morgan fingerprint density at radius 1 is 1.03 bits per heavy atom. The third-order valence-electron chi connectivity index (χ3n) is 4.16. The van der Waals surface area contributed by atoms with Gasteiger partial charge in [-0.1, -0.05) is 18.2 Å². The molecule has 7 nitrogen and oxygen atoms in total. The number of hydrogen-bond acceptors (Lipinski definition) is 6. The van der Waals surface area contributed by atoms with E-state index in [-0.39, 0.29) is 12.3 Å². The number of rotatable bonds is 9. The van der Waals surface area contributed by atoms with Gasteiger partial charge in [0.05, 0.1) is 13.2 Å². The minimum atomic E-state index is -0.652. The van der Waals surface area contributed by atoms with Crippen molar-refractivity contribution in [3.63, 3.8) is 0 Å². The van der Waals surface area contributed by atoms with Crippen LogP contribution < -0.4 is 4.74 Å². The second-order valence-corrected chi connectivity index (χ2v) is 6.18. The zero-order valence-electron chi connectivity index (χ0n) is 17.0. The average Bonchev–Trinajstić information content (AvgIpc) is 3.00. The van der Waals surface area contributed by atoms with E-state index in [1.165, 1.54) is 6.08 Å². The molecule has 1 aromatic heterocycles. The first-order chi connectivity index (χ1) is 13.9. The normalized spacial score (nSPS) is 10.8. The highest BCUT2D eigenvalue weighted by molar-refractivity contribution is 6.04. The molecule has 7 heteroatoms. The van der Waals surface area contributed by atoms with Crippen molar-refractivity contribution in [3.05, 3.63) is 58.4 Å². The van der Waals surface area contributed by atoms with E-state index in [1.807, 2.05) is 25.1 Å². The minimum Gasteiger partial charge on any atom is -0.493 e. The van der Waals surface area contributed by atoms with E-state index in [2.05, 4.69) is 4.98 Å². The minimum absolute atomic E-state index is 0.228. The molecule has 0 aliphatic carbocycles. The molecule has 154 valence electrons. The van der Waals surface area contributed by atoms with E-state index in [9.17, 15) is 14.4 Å². The summed E-state index contributed by atoms with van der Waals surface area (Å²) in [4.78, 5) is 39.3. The molecule has 2 rings (SSSR count). The maximum Gasteiger partial charge on any atom is 0.355 e. The zero-order valence-corrected chi connectivity index (χ0v) is 17.0. The number of aromatic amines is 1. The topological polar surface area (TPSA) is 94.7 Å². The number of aromatic nitrogens is 1. The second-order valence-electron chi connectivity index (χ2n) is 6.18. The van der Waals surface area contributed by atoms with Gasteiger partial charge in [0, 0.05) is 22.9 Å². The molecule has 0 bridgehead atoms. The molecule has 29 heavy (non-hydrogen) atoms. The Kier molecular flexibility index (Phi) is 7.77. The molecule has 1 heterocycles. The molecular weight excluding hydrogens is 374 g/mol. The van der Waals surface area contributed by atoms with Gasteiger partial charge in [-0.15, -0.1) is 0 Å². The lowest BCUT2D eigenvalue weighted by molar-refractivity contribution is -0.136. The van der Waals surface area contributed by atoms with Crippen LogP contribution in [0.1, 0.15) is 51.5 Å². The first-order valence-electron chi connectivity index (χ1n) is 9.35. The smallest absolute Gasteiger partial charge is 0.355 e. The molecular formula is C22H25NO6. The number of nitrogens with one attached hydrogen (secondary N) is 1. The lowest BCUT2D eigenvalue weighted by Gasteiger charge is -2.06. The largest absolute Gasteiger partial charge is 0.493 e. The number of Topliss-reactive ketones (excluding diaryl/α,β-unsaturated/α-hetero) is 1. The molecule has 0 aliphatic heterocycles. The second kappa shape index (κ2) is 10.3. The Morgan fingerprint density at radius 2 is 1.76 bits per heavy atom. The number of esters is 2. The number of ether oxygens (including phenoxy) is 3. The van der Waals surface area contributed by atoms with Crippen LogP contribution in [0, 0.1) is 13.8 Å². The fourth-order valence-electron chi connectivity index (χ4n) is 2.90. The fraction of sp³-hybridized carbons (Fsp3) is 0.318. The summed E-state index contributed by atoms with van der Waals surface area (Å²) in [5.41, 5.74) is 2.28. The molecule has 0 amide bonds. The summed E-state index contributed by atoms with van der Waals surface area (Å²) in [5, 5.41) is 0. The maximum absolute atomic E-state index is 12.5. The number of carbonyl (C=O) groups is 3. The summed E-state index contributed by atoms with van der Waals surface area (Å²) < 4.78 is 15.5. The first-order valence-corrected chi connectivity index (χ1v) is 9.35. The monoisotopic (exact) mass is 399 g/mol. The van der Waals surface area contributed by atoms with Crippen LogP contribution in [0.2, 0.25) is 0 Å². The molecule has 0 saturated carbocycles. The van der Waals surface area contributed by atoms with Gasteiger partial charge in [0.2, 0.25) is 5.78 Å². The van der Waals surface area contributed by atoms with Crippen molar-refractivity contribution in [2.75, 3.05) is 19.8 Å². The number of H-pyrrole nitrogens is 1. The molecule has 1 N–H and O–H groups in total. The van der Waals surface area contributed by atoms with Gasteiger partial charge in [-0.3, -0.25) is 4.79 Å². The molecule has 1 aromatic carbocycles. The van der Waals surface area contributed by atoms with Crippen LogP contribution in [0.5, 0.6) is 5.75 Å². The average molecular weight is 399 g/mol. The lowest BCUT2D eigenvalue weighted by atomic mass is 10.1. The van der Waals surface area contributed by atoms with Crippen molar-refractivity contribution in [2.24, 2.45) is 0 Å². The highest BCUT2D eigenvalue weighted by Crippen LogP contribution is 2.21. The summed E-state index contributed by atoms with van der Waals surface area (Å²) in [7, 11) is 0. The Hall–Kier alpha value is -3.35. The van der Waals surface area contributed by atoms with Gasteiger partial charge in [-0.2, -0.15) is 0 Å².